The van der Waals surface area contributed by atoms with Crippen molar-refractivity contribution < 1.29 is 19.5 Å². The molecule has 0 radical (unpaired) electrons. The minimum atomic E-state index is -1.13. The molecule has 3 aromatic carbocycles. The molecule has 0 saturated carbocycles. The van der Waals surface area contributed by atoms with Crippen LogP contribution in [0.4, 0.5) is 11.4 Å². The minimum Gasteiger partial charge on any atom is -0.412 e. The highest BCUT2D eigenvalue weighted by Crippen LogP contribution is 2.30. The molecule has 0 aromatic heterocycles. The number of benzene rings is 3. The number of nitrogens with two attached hydrogens (primary N) is 1. The van der Waals surface area contributed by atoms with Crippen LogP contribution in [0, 0.1) is 20.2 Å². The lowest BCUT2D eigenvalue weighted by Gasteiger charge is -2.25. The number of non-ortho nitro benzene ring substituents is 2. The summed E-state index contributed by atoms with van der Waals surface area (Å²) in [5.41, 5.74) is 9.19. The highest BCUT2D eigenvalue weighted by molar-refractivity contribution is 5.90. The third-order valence-electron chi connectivity index (χ3n) is 5.31. The first-order valence-electron chi connectivity index (χ1n) is 10.9. The maximum absolute atomic E-state index is 12.9. The molecule has 0 spiro atoms. The van der Waals surface area contributed by atoms with E-state index >= 15 is 0 Å². The van der Waals surface area contributed by atoms with Crippen LogP contribution in [-0.2, 0) is 28.3 Å². The first-order chi connectivity index (χ1) is 17.2. The van der Waals surface area contributed by atoms with Gasteiger partial charge in [0.25, 0.3) is 17.3 Å². The molecule has 36 heavy (non-hydrogen) atoms. The lowest BCUT2D eigenvalue weighted by Crippen LogP contribution is -2.50. The van der Waals surface area contributed by atoms with Crippen molar-refractivity contribution in [3.63, 3.8) is 0 Å². The Morgan fingerprint density at radius 2 is 1.53 bits per heavy atom. The Kier molecular flexibility index (Phi) is 8.44. The van der Waals surface area contributed by atoms with Crippen molar-refractivity contribution in [2.45, 2.75) is 25.6 Å². The molecule has 0 saturated heterocycles. The maximum atomic E-state index is 12.9. The smallest absolute Gasteiger partial charge is 0.269 e. The number of nitrogens with zero attached hydrogens (tertiary/aromatic N) is 2. The van der Waals surface area contributed by atoms with E-state index in [0.717, 1.165) is 11.1 Å². The van der Waals surface area contributed by atoms with Gasteiger partial charge in [0.1, 0.15) is 5.76 Å². The van der Waals surface area contributed by atoms with Gasteiger partial charge in [0.15, 0.2) is 5.54 Å². The summed E-state index contributed by atoms with van der Waals surface area (Å²) in [6, 6.07) is 21.7. The Morgan fingerprint density at radius 1 is 0.944 bits per heavy atom. The third kappa shape index (κ3) is 6.29. The van der Waals surface area contributed by atoms with Crippen LogP contribution in [0.25, 0.3) is 0 Å². The average molecular weight is 492 g/mol. The van der Waals surface area contributed by atoms with E-state index in [-0.39, 0.29) is 23.8 Å². The quantitative estimate of drug-likeness (QED) is 0.333. The molecular formula is C25H25N5O6. The van der Waals surface area contributed by atoms with Gasteiger partial charge in [0.2, 0.25) is 0 Å². The number of amides is 1. The first-order valence-corrected chi connectivity index (χ1v) is 10.9. The van der Waals surface area contributed by atoms with Crippen LogP contribution in [0.5, 0.6) is 0 Å². The fraction of sp³-hybridized carbons (Fsp3) is 0.160. The third-order valence-corrected chi connectivity index (χ3v) is 5.31. The summed E-state index contributed by atoms with van der Waals surface area (Å²) in [6.07, 6.45) is 1.71. The van der Waals surface area contributed by atoms with Gasteiger partial charge in [-0.3, -0.25) is 25.0 Å². The first kappa shape index (κ1) is 26.0. The van der Waals surface area contributed by atoms with E-state index < -0.39 is 15.4 Å². The van der Waals surface area contributed by atoms with Gasteiger partial charge in [-0.15, -0.1) is 5.48 Å². The average Bonchev–Trinajstić information content (AvgIpc) is 3.31. The number of hydroxylamine groups is 1. The largest absolute Gasteiger partial charge is 0.412 e. The lowest BCUT2D eigenvalue weighted by molar-refractivity contribution is -0.385. The van der Waals surface area contributed by atoms with Gasteiger partial charge in [-0.25, -0.2) is 0 Å². The molecule has 1 aliphatic rings. The van der Waals surface area contributed by atoms with Gasteiger partial charge < -0.3 is 15.9 Å². The number of allylic oxidation sites excluding steroid dienone is 1. The maximum Gasteiger partial charge on any atom is 0.269 e. The van der Waals surface area contributed by atoms with Crippen LogP contribution in [-0.4, -0.2) is 15.8 Å². The zero-order chi connectivity index (χ0) is 26.1. The molecule has 4 N–H and O–H groups in total. The van der Waals surface area contributed by atoms with Gasteiger partial charge in [-0.2, -0.15) is 0 Å². The molecule has 1 heterocycles. The Labute approximate surface area is 206 Å². The highest BCUT2D eigenvalue weighted by Gasteiger charge is 2.43. The van der Waals surface area contributed by atoms with Crippen LogP contribution in [0.15, 0.2) is 90.7 Å². The van der Waals surface area contributed by atoms with Crippen molar-refractivity contribution in [2.75, 3.05) is 0 Å². The second-order valence-electron chi connectivity index (χ2n) is 7.87. The SMILES string of the molecule is CC1=CC(C(=O)NCc2cccc([N+](=O)[O-])c2)(c2ccccc2)NO1.NCc1cccc([N+](=O)[O-])c1. The molecule has 3 aromatic rings. The monoisotopic (exact) mass is 491 g/mol. The Hall–Kier alpha value is -4.61. The predicted octanol–water partition coefficient (Wildman–Crippen LogP) is 3.60. The number of rotatable bonds is 7. The molecule has 186 valence electrons. The standard InChI is InChI=1S/C18H17N3O4.C7H8N2O2/c1-13-11-18(20-25-13,15-7-3-2-4-8-15)17(22)19-12-14-6-5-9-16(10-14)21(23)24;8-5-6-2-1-3-7(4-6)9(10)11/h2-11,20H,12H2,1H3,(H,19,22);1-4H,5,8H2. The van der Waals surface area contributed by atoms with E-state index in [9.17, 15) is 25.0 Å². The Balaban J connectivity index is 0.000000275. The molecule has 11 heteroatoms. The van der Waals surface area contributed by atoms with E-state index in [2.05, 4.69) is 10.8 Å². The molecule has 1 unspecified atom stereocenters. The van der Waals surface area contributed by atoms with Crippen LogP contribution in [0.3, 0.4) is 0 Å². The summed E-state index contributed by atoms with van der Waals surface area (Å²) >= 11 is 0. The van der Waals surface area contributed by atoms with Crippen molar-refractivity contribution in [2.24, 2.45) is 5.73 Å². The second kappa shape index (κ2) is 11.7. The molecule has 11 nitrogen and oxygen atoms in total. The summed E-state index contributed by atoms with van der Waals surface area (Å²) in [5, 5.41) is 23.9. The molecule has 0 fully saturated rings. The molecule has 1 amide bonds. The van der Waals surface area contributed by atoms with E-state index in [4.69, 9.17) is 10.6 Å². The van der Waals surface area contributed by atoms with Gasteiger partial charge >= 0.3 is 0 Å². The van der Waals surface area contributed by atoms with Crippen LogP contribution < -0.4 is 16.5 Å². The van der Waals surface area contributed by atoms with Crippen molar-refractivity contribution in [1.82, 2.24) is 10.8 Å². The van der Waals surface area contributed by atoms with Crippen molar-refractivity contribution in [3.8, 4) is 0 Å². The molecular weight excluding hydrogens is 466 g/mol. The molecule has 1 aliphatic heterocycles. The van der Waals surface area contributed by atoms with Crippen LogP contribution in [0.1, 0.15) is 23.6 Å². The molecule has 0 aliphatic carbocycles. The highest BCUT2D eigenvalue weighted by atomic mass is 16.7. The molecule has 4 rings (SSSR count). The Morgan fingerprint density at radius 3 is 2.06 bits per heavy atom. The number of hydrogen-bond acceptors (Lipinski definition) is 8. The van der Waals surface area contributed by atoms with Crippen LogP contribution in [0.2, 0.25) is 0 Å². The summed E-state index contributed by atoms with van der Waals surface area (Å²) in [7, 11) is 0. The van der Waals surface area contributed by atoms with Crippen molar-refractivity contribution in [3.05, 3.63) is 128 Å². The van der Waals surface area contributed by atoms with Gasteiger partial charge in [-0.05, 0) is 29.7 Å². The van der Waals surface area contributed by atoms with Crippen LogP contribution >= 0.6 is 0 Å². The fourth-order valence-electron chi connectivity index (χ4n) is 3.51. The molecule has 1 atom stereocenters. The van der Waals surface area contributed by atoms with Gasteiger partial charge in [0, 0.05) is 37.4 Å². The minimum absolute atomic E-state index is 0.0115. The van der Waals surface area contributed by atoms with E-state index in [1.54, 1.807) is 37.3 Å². The predicted molar refractivity (Wildman–Crippen MR) is 132 cm³/mol. The number of nitrogens with one attached hydrogen (secondary N) is 2. The van der Waals surface area contributed by atoms with Crippen molar-refractivity contribution >= 4 is 17.3 Å². The molecule has 0 bridgehead atoms. The normalized spacial score (nSPS) is 16.1. The lowest BCUT2D eigenvalue weighted by atomic mass is 9.89. The topological polar surface area (TPSA) is 163 Å². The number of nitro groups is 2. The summed E-state index contributed by atoms with van der Waals surface area (Å²) < 4.78 is 0. The van der Waals surface area contributed by atoms with Gasteiger partial charge in [-0.1, -0.05) is 54.6 Å². The summed E-state index contributed by atoms with van der Waals surface area (Å²) in [5.74, 6) is 0.288. The number of carbonyl (C=O) groups is 1. The van der Waals surface area contributed by atoms with Gasteiger partial charge in [0.05, 0.1) is 9.85 Å². The fourth-order valence-corrected chi connectivity index (χ4v) is 3.51. The zero-order valence-corrected chi connectivity index (χ0v) is 19.4. The van der Waals surface area contributed by atoms with Crippen molar-refractivity contribution in [1.29, 1.82) is 0 Å². The zero-order valence-electron chi connectivity index (χ0n) is 19.4. The second-order valence-corrected chi connectivity index (χ2v) is 7.87. The number of nitro benzene ring substituents is 2. The Bertz CT molecular complexity index is 1280. The van der Waals surface area contributed by atoms with E-state index in [1.165, 1.54) is 24.3 Å². The van der Waals surface area contributed by atoms with E-state index in [1.807, 2.05) is 30.3 Å². The summed E-state index contributed by atoms with van der Waals surface area (Å²) in [6.45, 7) is 2.26. The number of hydrogen-bond donors (Lipinski definition) is 3. The number of carbonyl (C=O) groups excluding carboxylic acids is 1. The van der Waals surface area contributed by atoms with E-state index in [0.29, 0.717) is 17.9 Å². The summed E-state index contributed by atoms with van der Waals surface area (Å²) in [4.78, 5) is 38.4.